The lowest BCUT2D eigenvalue weighted by Crippen LogP contribution is -2.16. The van der Waals surface area contributed by atoms with Crippen molar-refractivity contribution in [2.45, 2.75) is 13.8 Å². The van der Waals surface area contributed by atoms with Gasteiger partial charge in [0.25, 0.3) is 0 Å². The number of aromatic nitrogens is 3. The second-order valence-corrected chi connectivity index (χ2v) is 3.51. The Kier molecular flexibility index (Phi) is 2.75. The molecule has 0 atom stereocenters. The van der Waals surface area contributed by atoms with Gasteiger partial charge in [-0.2, -0.15) is 0 Å². The highest BCUT2D eigenvalue weighted by atomic mass is 16.5. The van der Waals surface area contributed by atoms with Crippen molar-refractivity contribution in [1.29, 1.82) is 0 Å². The summed E-state index contributed by atoms with van der Waals surface area (Å²) in [6.07, 6.45) is 1.50. The summed E-state index contributed by atoms with van der Waals surface area (Å²) < 4.78 is 6.46. The number of fused-ring (bicyclic) bond motifs is 1. The fraction of sp³-hybridized carbons (Fsp3) is 0.300. The van der Waals surface area contributed by atoms with E-state index in [1.807, 2.05) is 0 Å². The van der Waals surface area contributed by atoms with E-state index in [0.29, 0.717) is 23.6 Å². The molecule has 2 radical (unpaired) electrons. The third-order valence-corrected chi connectivity index (χ3v) is 2.29. The molecule has 0 amide bonds. The number of aryl methyl sites for hydroxylation is 1. The number of carbonyl (C=O) groups excluding carboxylic acids is 1. The molecule has 0 aromatic carbocycles. The van der Waals surface area contributed by atoms with Gasteiger partial charge in [-0.15, -0.1) is 0 Å². The predicted molar refractivity (Wildman–Crippen MR) is 63.5 cm³/mol. The molecular weight excluding hydrogens is 219 g/mol. The zero-order valence-electron chi connectivity index (χ0n) is 9.60. The van der Waals surface area contributed by atoms with Crippen LogP contribution in [-0.2, 0) is 4.74 Å². The van der Waals surface area contributed by atoms with Crippen LogP contribution in [0.15, 0.2) is 6.20 Å². The summed E-state index contributed by atoms with van der Waals surface area (Å²) in [6, 6.07) is 0. The number of hydrogen-bond donors (Lipinski definition) is 1. The fourth-order valence-electron chi connectivity index (χ4n) is 1.65. The first-order valence-electron chi connectivity index (χ1n) is 5.12. The van der Waals surface area contributed by atoms with E-state index in [1.54, 1.807) is 13.8 Å². The van der Waals surface area contributed by atoms with E-state index in [9.17, 15) is 4.79 Å². The van der Waals surface area contributed by atoms with E-state index in [4.69, 9.17) is 18.3 Å². The Morgan fingerprint density at radius 1 is 1.59 bits per heavy atom. The number of anilines is 1. The van der Waals surface area contributed by atoms with Crippen LogP contribution in [0.1, 0.15) is 23.1 Å². The minimum Gasteiger partial charge on any atom is -0.461 e. The number of nitrogens with zero attached hydrogens (tertiary/aromatic N) is 3. The third-order valence-electron chi connectivity index (χ3n) is 2.29. The van der Waals surface area contributed by atoms with Crippen LogP contribution in [-0.4, -0.2) is 34.8 Å². The van der Waals surface area contributed by atoms with E-state index >= 15 is 0 Å². The molecule has 0 bridgehead atoms. The van der Waals surface area contributed by atoms with Crippen LogP contribution in [0, 0.1) is 6.92 Å². The number of hydrogen-bond acceptors (Lipinski definition) is 5. The average molecular weight is 230 g/mol. The quantitative estimate of drug-likeness (QED) is 0.560. The fourth-order valence-corrected chi connectivity index (χ4v) is 1.65. The number of rotatable bonds is 2. The third kappa shape index (κ3) is 1.84. The highest BCUT2D eigenvalue weighted by Crippen LogP contribution is 2.15. The topological polar surface area (TPSA) is 82.5 Å². The molecule has 2 aromatic rings. The van der Waals surface area contributed by atoms with E-state index in [1.165, 1.54) is 10.6 Å². The summed E-state index contributed by atoms with van der Waals surface area (Å²) >= 11 is 0. The number of esters is 1. The van der Waals surface area contributed by atoms with Crippen LogP contribution < -0.4 is 11.3 Å². The van der Waals surface area contributed by atoms with Crippen molar-refractivity contribution in [3.05, 3.63) is 17.6 Å². The highest BCUT2D eigenvalue weighted by molar-refractivity contribution is 6.30. The lowest BCUT2D eigenvalue weighted by Gasteiger charge is -2.04. The molecular formula is C10H11BN4O2. The SMILES string of the molecule is [B]c1cn2c(C(=O)OCC)c(C)nc2c(N)n1. The molecule has 0 saturated carbocycles. The molecule has 0 fully saturated rings. The van der Waals surface area contributed by atoms with Gasteiger partial charge in [-0.05, 0) is 13.8 Å². The Morgan fingerprint density at radius 3 is 2.94 bits per heavy atom. The van der Waals surface area contributed by atoms with Crippen molar-refractivity contribution in [2.75, 3.05) is 12.3 Å². The summed E-state index contributed by atoms with van der Waals surface area (Å²) in [7, 11) is 5.59. The lowest BCUT2D eigenvalue weighted by molar-refractivity contribution is 0.0517. The van der Waals surface area contributed by atoms with Gasteiger partial charge in [0.1, 0.15) is 7.85 Å². The Balaban J connectivity index is 2.70. The van der Waals surface area contributed by atoms with Crippen molar-refractivity contribution < 1.29 is 9.53 Å². The summed E-state index contributed by atoms with van der Waals surface area (Å²) in [5.41, 5.74) is 7.16. The minimum absolute atomic E-state index is 0.184. The smallest absolute Gasteiger partial charge is 0.357 e. The van der Waals surface area contributed by atoms with Crippen molar-refractivity contribution in [3.8, 4) is 0 Å². The lowest BCUT2D eigenvalue weighted by atomic mass is 10.1. The molecule has 0 aliphatic rings. The monoisotopic (exact) mass is 230 g/mol. The maximum Gasteiger partial charge on any atom is 0.357 e. The van der Waals surface area contributed by atoms with Crippen LogP contribution in [0.2, 0.25) is 0 Å². The molecule has 6 nitrogen and oxygen atoms in total. The second-order valence-electron chi connectivity index (χ2n) is 3.51. The normalized spacial score (nSPS) is 10.7. The summed E-state index contributed by atoms with van der Waals surface area (Å²) in [4.78, 5) is 19.8. The number of nitrogens with two attached hydrogens (primary N) is 1. The zero-order chi connectivity index (χ0) is 12.6. The van der Waals surface area contributed by atoms with E-state index in [-0.39, 0.29) is 11.4 Å². The van der Waals surface area contributed by atoms with E-state index in [2.05, 4.69) is 9.97 Å². The van der Waals surface area contributed by atoms with E-state index < -0.39 is 5.97 Å². The molecule has 2 heterocycles. The van der Waals surface area contributed by atoms with Gasteiger partial charge >= 0.3 is 5.97 Å². The van der Waals surface area contributed by atoms with Crippen LogP contribution >= 0.6 is 0 Å². The molecule has 0 unspecified atom stereocenters. The largest absolute Gasteiger partial charge is 0.461 e. The first-order valence-corrected chi connectivity index (χ1v) is 5.12. The Morgan fingerprint density at radius 2 is 2.29 bits per heavy atom. The first kappa shape index (κ1) is 11.4. The number of carbonyl (C=O) groups is 1. The van der Waals surface area contributed by atoms with Gasteiger partial charge in [0.05, 0.1) is 12.3 Å². The summed E-state index contributed by atoms with van der Waals surface area (Å²) in [6.45, 7) is 3.73. The van der Waals surface area contributed by atoms with Crippen LogP contribution in [0.5, 0.6) is 0 Å². The average Bonchev–Trinajstić information content (AvgIpc) is 2.55. The van der Waals surface area contributed by atoms with Gasteiger partial charge in [0.2, 0.25) is 0 Å². The molecule has 17 heavy (non-hydrogen) atoms. The molecule has 2 N–H and O–H groups in total. The Bertz CT molecular complexity index is 593. The molecule has 2 rings (SSSR count). The van der Waals surface area contributed by atoms with Gasteiger partial charge in [-0.1, -0.05) is 0 Å². The van der Waals surface area contributed by atoms with Crippen molar-refractivity contribution >= 4 is 30.9 Å². The first-order chi connectivity index (χ1) is 8.04. The predicted octanol–water partition coefficient (Wildman–Crippen LogP) is -0.410. The maximum atomic E-state index is 11.8. The van der Waals surface area contributed by atoms with Gasteiger partial charge in [-0.25, -0.2) is 14.8 Å². The summed E-state index contributed by atoms with van der Waals surface area (Å²) in [5.74, 6) is -0.272. The van der Waals surface area contributed by atoms with Crippen LogP contribution in [0.4, 0.5) is 5.82 Å². The highest BCUT2D eigenvalue weighted by Gasteiger charge is 2.19. The van der Waals surface area contributed by atoms with Gasteiger partial charge < -0.3 is 10.5 Å². The number of imidazole rings is 1. The molecule has 0 aliphatic heterocycles. The number of nitrogen functional groups attached to an aromatic ring is 1. The molecule has 7 heteroatoms. The van der Waals surface area contributed by atoms with Crippen molar-refractivity contribution in [1.82, 2.24) is 14.4 Å². The second kappa shape index (κ2) is 4.08. The van der Waals surface area contributed by atoms with Crippen LogP contribution in [0.3, 0.4) is 0 Å². The van der Waals surface area contributed by atoms with Gasteiger partial charge in [0, 0.05) is 11.8 Å². The Hall–Kier alpha value is -2.05. The zero-order valence-corrected chi connectivity index (χ0v) is 9.60. The van der Waals surface area contributed by atoms with Gasteiger partial charge in [0.15, 0.2) is 17.2 Å². The Labute approximate surface area is 99.2 Å². The molecule has 0 saturated heterocycles. The maximum absolute atomic E-state index is 11.8. The van der Waals surface area contributed by atoms with Crippen molar-refractivity contribution in [2.24, 2.45) is 0 Å². The minimum atomic E-state index is -0.456. The van der Waals surface area contributed by atoms with Gasteiger partial charge in [-0.3, -0.25) is 4.40 Å². The summed E-state index contributed by atoms with van der Waals surface area (Å²) in [5, 5.41) is 0. The molecule has 0 spiro atoms. The standard InChI is InChI=1S/C10H11BN4O2/c1-3-17-10(16)7-5(2)13-9-8(12)14-6(11)4-15(7)9/h4H,3H2,1-2H3,(H2,12,14). The number of ether oxygens (including phenoxy) is 1. The van der Waals surface area contributed by atoms with Crippen molar-refractivity contribution in [3.63, 3.8) is 0 Å². The van der Waals surface area contributed by atoms with E-state index in [0.717, 1.165) is 0 Å². The molecule has 0 aliphatic carbocycles. The molecule has 86 valence electrons. The molecule has 2 aromatic heterocycles. The van der Waals surface area contributed by atoms with Crippen LogP contribution in [0.25, 0.3) is 5.65 Å².